The molecule has 4 rings (SSSR count). The molecule has 10 heteroatoms. The van der Waals surface area contributed by atoms with Crippen LogP contribution in [0.2, 0.25) is 0 Å². The van der Waals surface area contributed by atoms with E-state index >= 15 is 0 Å². The molecule has 2 aliphatic heterocycles. The van der Waals surface area contributed by atoms with Crippen LogP contribution >= 0.6 is 0 Å². The third kappa shape index (κ3) is 3.40. The van der Waals surface area contributed by atoms with Crippen LogP contribution in [0.3, 0.4) is 0 Å². The topological polar surface area (TPSA) is 136 Å². The van der Waals surface area contributed by atoms with Crippen molar-refractivity contribution in [3.63, 3.8) is 0 Å². The third-order valence-electron chi connectivity index (χ3n) is 5.12. The van der Waals surface area contributed by atoms with E-state index in [1.54, 1.807) is 23.1 Å². The molecule has 0 radical (unpaired) electrons. The summed E-state index contributed by atoms with van der Waals surface area (Å²) in [5, 5.41) is 16.7. The molecule has 1 atom stereocenters. The van der Waals surface area contributed by atoms with Crippen LogP contribution < -0.4 is 19.9 Å². The summed E-state index contributed by atoms with van der Waals surface area (Å²) in [6.45, 7) is 3.74. The number of rotatable bonds is 3. The number of nitrogens with zero attached hydrogens (tertiary/aromatic N) is 3. The molecule has 1 aromatic carbocycles. The quantitative estimate of drug-likeness (QED) is 0.780. The standard InChI is InChI=1S/C20H21N5O5/c1-11-16-17(13(10-21)18(22)30-19(16)24-23-11)12-3-4-14(15(9-12)27-2)29-20(26)25-5-7-28-8-6-25/h3-4,9,17H,5-8,22H2,1-2H3,(H,23,24)/t17-/m1/s1. The van der Waals surface area contributed by atoms with E-state index in [4.69, 9.17) is 24.7 Å². The minimum absolute atomic E-state index is 0.00304. The van der Waals surface area contributed by atoms with Crippen molar-refractivity contribution in [1.29, 1.82) is 5.26 Å². The first-order valence-corrected chi connectivity index (χ1v) is 9.38. The fourth-order valence-electron chi connectivity index (χ4n) is 3.58. The molecule has 0 saturated carbocycles. The Labute approximate surface area is 172 Å². The first-order chi connectivity index (χ1) is 14.5. The molecule has 1 saturated heterocycles. The van der Waals surface area contributed by atoms with Gasteiger partial charge < -0.3 is 29.6 Å². The number of morpholine rings is 1. The highest BCUT2D eigenvalue weighted by atomic mass is 16.6. The number of hydrogen-bond acceptors (Lipinski definition) is 8. The zero-order valence-corrected chi connectivity index (χ0v) is 16.6. The average molecular weight is 411 g/mol. The lowest BCUT2D eigenvalue weighted by Gasteiger charge is -2.26. The molecule has 1 aromatic heterocycles. The Morgan fingerprint density at radius 3 is 2.83 bits per heavy atom. The van der Waals surface area contributed by atoms with Gasteiger partial charge in [-0.15, -0.1) is 5.10 Å². The molecule has 0 unspecified atom stereocenters. The van der Waals surface area contributed by atoms with E-state index in [9.17, 15) is 10.1 Å². The first-order valence-electron chi connectivity index (χ1n) is 9.38. The minimum atomic E-state index is -0.490. The summed E-state index contributed by atoms with van der Waals surface area (Å²) < 4.78 is 21.7. The molecule has 10 nitrogen and oxygen atoms in total. The number of fused-ring (bicyclic) bond motifs is 1. The molecule has 30 heavy (non-hydrogen) atoms. The van der Waals surface area contributed by atoms with Gasteiger partial charge in [0, 0.05) is 24.3 Å². The number of nitriles is 1. The van der Waals surface area contributed by atoms with Crippen LogP contribution in [0.5, 0.6) is 17.4 Å². The smallest absolute Gasteiger partial charge is 0.415 e. The number of nitrogens with one attached hydrogen (secondary N) is 1. The molecule has 1 fully saturated rings. The maximum atomic E-state index is 12.4. The van der Waals surface area contributed by atoms with Gasteiger partial charge >= 0.3 is 6.09 Å². The monoisotopic (exact) mass is 411 g/mol. The number of allylic oxidation sites excluding steroid dienone is 1. The highest BCUT2D eigenvalue weighted by Gasteiger charge is 2.34. The van der Waals surface area contributed by atoms with Gasteiger partial charge in [-0.3, -0.25) is 5.10 Å². The predicted molar refractivity (Wildman–Crippen MR) is 104 cm³/mol. The van der Waals surface area contributed by atoms with E-state index in [1.807, 2.05) is 6.92 Å². The van der Waals surface area contributed by atoms with Gasteiger partial charge in [0.1, 0.15) is 11.6 Å². The van der Waals surface area contributed by atoms with Crippen LogP contribution in [0.15, 0.2) is 29.7 Å². The predicted octanol–water partition coefficient (Wildman–Crippen LogP) is 1.78. The van der Waals surface area contributed by atoms with Crippen LogP contribution in [0.4, 0.5) is 4.79 Å². The Hall–Kier alpha value is -3.71. The van der Waals surface area contributed by atoms with Crippen molar-refractivity contribution in [2.45, 2.75) is 12.8 Å². The fraction of sp³-hybridized carbons (Fsp3) is 0.350. The van der Waals surface area contributed by atoms with Gasteiger partial charge in [-0.25, -0.2) is 4.79 Å². The lowest BCUT2D eigenvalue weighted by molar-refractivity contribution is 0.0413. The zero-order valence-electron chi connectivity index (χ0n) is 16.6. The number of carbonyl (C=O) groups is 1. The molecular weight excluding hydrogens is 390 g/mol. The van der Waals surface area contributed by atoms with Gasteiger partial charge in [0.05, 0.1) is 26.2 Å². The molecule has 0 bridgehead atoms. The summed E-state index contributed by atoms with van der Waals surface area (Å²) in [5.74, 6) is 0.484. The van der Waals surface area contributed by atoms with E-state index in [1.165, 1.54) is 7.11 Å². The van der Waals surface area contributed by atoms with Gasteiger partial charge in [0.15, 0.2) is 11.5 Å². The lowest BCUT2D eigenvalue weighted by Crippen LogP contribution is -2.42. The van der Waals surface area contributed by atoms with E-state index in [-0.39, 0.29) is 17.2 Å². The highest BCUT2D eigenvalue weighted by Crippen LogP contribution is 2.44. The van der Waals surface area contributed by atoms with Crippen molar-refractivity contribution >= 4 is 6.09 Å². The average Bonchev–Trinajstić information content (AvgIpc) is 3.13. The highest BCUT2D eigenvalue weighted by molar-refractivity contribution is 5.72. The van der Waals surface area contributed by atoms with Crippen LogP contribution in [0.1, 0.15) is 22.7 Å². The van der Waals surface area contributed by atoms with Gasteiger partial charge in [0.2, 0.25) is 11.8 Å². The minimum Gasteiger partial charge on any atom is -0.493 e. The van der Waals surface area contributed by atoms with E-state index < -0.39 is 12.0 Å². The summed E-state index contributed by atoms with van der Waals surface area (Å²) in [4.78, 5) is 14.0. The Morgan fingerprint density at radius 2 is 2.13 bits per heavy atom. The van der Waals surface area contributed by atoms with Crippen molar-refractivity contribution in [3.05, 3.63) is 46.5 Å². The SMILES string of the molecule is COc1cc([C@@H]2C(C#N)=C(N)Oc3n[nH]c(C)c32)ccc1OC(=O)N1CCOCC1. The van der Waals surface area contributed by atoms with Crippen molar-refractivity contribution < 1.29 is 23.7 Å². The number of aryl methyl sites for hydroxylation is 1. The molecule has 3 N–H and O–H groups in total. The summed E-state index contributed by atoms with van der Waals surface area (Å²) in [6.07, 6.45) is -0.467. The van der Waals surface area contributed by atoms with Gasteiger partial charge in [-0.1, -0.05) is 6.07 Å². The number of amides is 1. The number of H-pyrrole nitrogens is 1. The molecule has 1 amide bonds. The molecule has 2 aromatic rings. The second kappa shape index (κ2) is 7.96. The van der Waals surface area contributed by atoms with Crippen molar-refractivity contribution in [3.8, 4) is 23.4 Å². The van der Waals surface area contributed by atoms with Gasteiger partial charge in [0.25, 0.3) is 0 Å². The zero-order chi connectivity index (χ0) is 21.3. The fourth-order valence-corrected chi connectivity index (χ4v) is 3.58. The van der Waals surface area contributed by atoms with Crippen LogP contribution in [-0.4, -0.2) is 54.6 Å². The first kappa shape index (κ1) is 19.6. The summed E-state index contributed by atoms with van der Waals surface area (Å²) in [6, 6.07) is 7.26. The number of aromatic nitrogens is 2. The number of hydrogen-bond donors (Lipinski definition) is 2. The second-order valence-electron chi connectivity index (χ2n) is 6.87. The summed E-state index contributed by atoms with van der Waals surface area (Å²) in [5.41, 5.74) is 8.44. The van der Waals surface area contributed by atoms with Crippen molar-refractivity contribution in [1.82, 2.24) is 15.1 Å². The molecule has 3 heterocycles. The normalized spacial score (nSPS) is 18.3. The third-order valence-corrected chi connectivity index (χ3v) is 5.12. The number of carbonyl (C=O) groups excluding carboxylic acids is 1. The Morgan fingerprint density at radius 1 is 1.37 bits per heavy atom. The molecular formula is C20H21N5O5. The van der Waals surface area contributed by atoms with Gasteiger partial charge in [-0.05, 0) is 24.6 Å². The maximum Gasteiger partial charge on any atom is 0.415 e. The van der Waals surface area contributed by atoms with Crippen LogP contribution in [-0.2, 0) is 4.74 Å². The Bertz CT molecular complexity index is 1050. The lowest BCUT2D eigenvalue weighted by atomic mass is 9.84. The molecule has 156 valence electrons. The number of aromatic amines is 1. The Kier molecular flexibility index (Phi) is 5.20. The number of methoxy groups -OCH3 is 1. The van der Waals surface area contributed by atoms with Crippen molar-refractivity contribution in [2.75, 3.05) is 33.4 Å². The van der Waals surface area contributed by atoms with Crippen molar-refractivity contribution in [2.24, 2.45) is 5.73 Å². The number of ether oxygens (including phenoxy) is 4. The Balaban J connectivity index is 1.68. The van der Waals surface area contributed by atoms with Crippen LogP contribution in [0.25, 0.3) is 0 Å². The largest absolute Gasteiger partial charge is 0.493 e. The van der Waals surface area contributed by atoms with E-state index in [0.717, 1.165) is 16.8 Å². The molecule has 0 aliphatic carbocycles. The van der Waals surface area contributed by atoms with Gasteiger partial charge in [-0.2, -0.15) is 5.26 Å². The summed E-state index contributed by atoms with van der Waals surface area (Å²) >= 11 is 0. The molecule has 0 spiro atoms. The maximum absolute atomic E-state index is 12.4. The van der Waals surface area contributed by atoms with E-state index in [0.29, 0.717) is 37.9 Å². The van der Waals surface area contributed by atoms with E-state index in [2.05, 4.69) is 16.3 Å². The summed E-state index contributed by atoms with van der Waals surface area (Å²) in [7, 11) is 1.49. The molecule has 2 aliphatic rings. The second-order valence-corrected chi connectivity index (χ2v) is 6.87. The number of benzene rings is 1. The number of nitrogens with two attached hydrogens (primary N) is 1. The van der Waals surface area contributed by atoms with Crippen LogP contribution in [0, 0.1) is 18.3 Å².